The Labute approximate surface area is 205 Å². The molecule has 36 heavy (non-hydrogen) atoms. The highest BCUT2D eigenvalue weighted by Gasteiger charge is 2.62. The predicted octanol–water partition coefficient (Wildman–Crippen LogP) is 7.55. The zero-order valence-corrected chi connectivity index (χ0v) is 19.1. The van der Waals surface area contributed by atoms with E-state index in [1.54, 1.807) is 30.3 Å². The molecule has 0 aliphatic carbocycles. The molecular weight excluding hydrogens is 512 g/mol. The van der Waals surface area contributed by atoms with Gasteiger partial charge < -0.3 is 9.57 Å². The van der Waals surface area contributed by atoms with Crippen molar-refractivity contribution in [2.75, 3.05) is 7.11 Å². The number of benzene rings is 3. The Morgan fingerprint density at radius 3 is 2.36 bits per heavy atom. The molecule has 0 bridgehead atoms. The summed E-state index contributed by atoms with van der Waals surface area (Å²) in [4.78, 5) is 16.8. The lowest BCUT2D eigenvalue weighted by molar-refractivity contribution is -0.276. The van der Waals surface area contributed by atoms with Crippen molar-refractivity contribution in [3.05, 3.63) is 87.9 Å². The molecule has 0 fully saturated rings. The number of methoxy groups -OCH3 is 1. The maximum atomic E-state index is 14.2. The van der Waals surface area contributed by atoms with Gasteiger partial charge in [-0.3, -0.25) is 0 Å². The van der Waals surface area contributed by atoms with Crippen LogP contribution in [0.3, 0.4) is 0 Å². The third-order valence-electron chi connectivity index (χ3n) is 5.72. The maximum Gasteiger partial charge on any atom is 0.435 e. The van der Waals surface area contributed by atoms with E-state index in [1.165, 1.54) is 25.3 Å². The van der Waals surface area contributed by atoms with Gasteiger partial charge in [0.25, 0.3) is 5.60 Å². The molecule has 4 rings (SSSR count). The summed E-state index contributed by atoms with van der Waals surface area (Å²) in [5.41, 5.74) is -4.57. The molecule has 11 heteroatoms. The normalized spacial score (nSPS) is 18.4. The van der Waals surface area contributed by atoms with Gasteiger partial charge in [0.05, 0.1) is 23.9 Å². The van der Waals surface area contributed by atoms with Crippen LogP contribution in [-0.2, 0) is 21.4 Å². The minimum Gasteiger partial charge on any atom is -0.465 e. The van der Waals surface area contributed by atoms with Crippen molar-refractivity contribution in [2.24, 2.45) is 5.16 Å². The van der Waals surface area contributed by atoms with Crippen molar-refractivity contribution in [1.29, 1.82) is 0 Å². The zero-order chi connectivity index (χ0) is 26.3. The summed E-state index contributed by atoms with van der Waals surface area (Å²) in [6.07, 6.45) is -8.12. The van der Waals surface area contributed by atoms with E-state index in [1.807, 2.05) is 0 Å². The van der Waals surface area contributed by atoms with E-state index < -0.39 is 46.5 Å². The van der Waals surface area contributed by atoms with E-state index in [0.29, 0.717) is 34.0 Å². The van der Waals surface area contributed by atoms with Crippen molar-refractivity contribution in [3.63, 3.8) is 0 Å². The Balaban J connectivity index is 1.70. The minimum absolute atomic E-state index is 0.151. The molecule has 0 saturated heterocycles. The molecular formula is C25H16ClF6NO3. The van der Waals surface area contributed by atoms with Crippen LogP contribution in [0.2, 0.25) is 5.02 Å². The molecule has 1 unspecified atom stereocenters. The summed E-state index contributed by atoms with van der Waals surface area (Å²) in [5, 5.41) is 4.20. The van der Waals surface area contributed by atoms with Gasteiger partial charge in [-0.2, -0.15) is 26.3 Å². The number of esters is 1. The average Bonchev–Trinajstić information content (AvgIpc) is 3.27. The summed E-state index contributed by atoms with van der Waals surface area (Å²) in [7, 11) is 1.24. The highest BCUT2D eigenvalue weighted by atomic mass is 35.5. The summed E-state index contributed by atoms with van der Waals surface area (Å²) in [6, 6.07) is 11.6. The molecule has 0 saturated carbocycles. The number of hydrogen-bond acceptors (Lipinski definition) is 4. The second-order valence-electron chi connectivity index (χ2n) is 7.97. The van der Waals surface area contributed by atoms with Gasteiger partial charge in [-0.05, 0) is 46.7 Å². The largest absolute Gasteiger partial charge is 0.465 e. The van der Waals surface area contributed by atoms with Crippen LogP contribution in [0, 0.1) is 0 Å². The number of allylic oxidation sites excluding steroid dienone is 1. The van der Waals surface area contributed by atoms with Gasteiger partial charge in [-0.15, -0.1) is 0 Å². The third-order valence-corrected chi connectivity index (χ3v) is 5.93. The number of fused-ring (bicyclic) bond motifs is 1. The molecule has 3 aromatic rings. The number of carbonyl (C=O) groups excluding carboxylic acids is 1. The van der Waals surface area contributed by atoms with Crippen LogP contribution in [0.5, 0.6) is 0 Å². The predicted molar refractivity (Wildman–Crippen MR) is 122 cm³/mol. The van der Waals surface area contributed by atoms with Crippen molar-refractivity contribution in [2.45, 2.75) is 24.4 Å². The van der Waals surface area contributed by atoms with Gasteiger partial charge in [0.15, 0.2) is 0 Å². The van der Waals surface area contributed by atoms with Gasteiger partial charge in [-0.25, -0.2) is 4.79 Å². The van der Waals surface area contributed by atoms with Crippen LogP contribution in [0.25, 0.3) is 16.8 Å². The van der Waals surface area contributed by atoms with Gasteiger partial charge in [-0.1, -0.05) is 53.2 Å². The Kier molecular flexibility index (Phi) is 6.51. The number of halogens is 7. The molecule has 1 aliphatic rings. The molecule has 3 aromatic carbocycles. The lowest BCUT2D eigenvalue weighted by Gasteiger charge is -2.30. The highest BCUT2D eigenvalue weighted by Crippen LogP contribution is 2.49. The van der Waals surface area contributed by atoms with Gasteiger partial charge in [0.2, 0.25) is 0 Å². The average molecular weight is 528 g/mol. The summed E-state index contributed by atoms with van der Waals surface area (Å²) in [6.45, 7) is 0. The summed E-state index contributed by atoms with van der Waals surface area (Å²) in [5.74, 6) is -0.551. The quantitative estimate of drug-likeness (QED) is 0.260. The molecule has 1 atom stereocenters. The van der Waals surface area contributed by atoms with Gasteiger partial charge in [0, 0.05) is 17.0 Å². The molecule has 0 aromatic heterocycles. The molecule has 0 amide bonds. The van der Waals surface area contributed by atoms with Crippen molar-refractivity contribution < 1.29 is 40.7 Å². The molecule has 1 aliphatic heterocycles. The van der Waals surface area contributed by atoms with E-state index >= 15 is 0 Å². The fraction of sp³-hybridized carbons (Fsp3) is 0.200. The Hall–Kier alpha value is -3.53. The van der Waals surface area contributed by atoms with Crippen LogP contribution < -0.4 is 0 Å². The monoisotopic (exact) mass is 527 g/mol. The van der Waals surface area contributed by atoms with E-state index in [0.717, 1.165) is 6.07 Å². The maximum absolute atomic E-state index is 14.2. The number of rotatable bonds is 4. The van der Waals surface area contributed by atoms with E-state index in [9.17, 15) is 31.1 Å². The number of carbonyl (C=O) groups is 1. The first kappa shape index (κ1) is 25.6. The molecule has 0 radical (unpaired) electrons. The number of alkyl halides is 6. The lowest BCUT2D eigenvalue weighted by Crippen LogP contribution is -2.42. The molecule has 1 heterocycles. The summed E-state index contributed by atoms with van der Waals surface area (Å²) < 4.78 is 87.0. The second-order valence-corrected chi connectivity index (χ2v) is 8.41. The lowest BCUT2D eigenvalue weighted by atomic mass is 9.87. The number of hydrogen-bond donors (Lipinski definition) is 0. The Morgan fingerprint density at radius 1 is 1.03 bits per heavy atom. The Morgan fingerprint density at radius 2 is 1.72 bits per heavy atom. The van der Waals surface area contributed by atoms with Crippen LogP contribution in [0.1, 0.15) is 33.5 Å². The third kappa shape index (κ3) is 4.65. The molecule has 0 spiro atoms. The Bertz CT molecular complexity index is 1400. The van der Waals surface area contributed by atoms with Crippen LogP contribution in [-0.4, -0.2) is 25.0 Å². The highest BCUT2D eigenvalue weighted by molar-refractivity contribution is 6.30. The zero-order valence-electron chi connectivity index (χ0n) is 18.4. The van der Waals surface area contributed by atoms with Crippen molar-refractivity contribution in [3.8, 4) is 0 Å². The molecule has 0 N–H and O–H groups in total. The molecule has 188 valence electrons. The first-order valence-electron chi connectivity index (χ1n) is 10.3. The fourth-order valence-electron chi connectivity index (χ4n) is 3.94. The first-order chi connectivity index (χ1) is 16.9. The van der Waals surface area contributed by atoms with Gasteiger partial charge >= 0.3 is 18.3 Å². The van der Waals surface area contributed by atoms with Crippen molar-refractivity contribution >= 4 is 40.1 Å². The smallest absolute Gasteiger partial charge is 0.435 e. The standard InChI is InChI=1S/C25H16ClF6NO3/c1-35-22(34)21-9-7-14(19-4-2-3-5-20(19)21)6-8-18-13-23(36-33-18,25(30,31)32)15-10-16(24(27,28)29)12-17(26)11-15/h2-12H,13H2,1H3/b8-6+. The molecule has 4 nitrogen and oxygen atoms in total. The first-order valence-corrected chi connectivity index (χ1v) is 10.7. The second kappa shape index (κ2) is 9.16. The van der Waals surface area contributed by atoms with Crippen LogP contribution >= 0.6 is 11.6 Å². The summed E-state index contributed by atoms with van der Waals surface area (Å²) >= 11 is 5.72. The van der Waals surface area contributed by atoms with E-state index in [4.69, 9.17) is 21.2 Å². The number of nitrogens with zero attached hydrogens (tertiary/aromatic N) is 1. The van der Waals surface area contributed by atoms with E-state index in [2.05, 4.69) is 5.16 Å². The SMILES string of the molecule is COC(=O)c1ccc(/C=C/C2=NOC(c3cc(Cl)cc(C(F)(F)F)c3)(C(F)(F)F)C2)c2ccccc12. The van der Waals surface area contributed by atoms with Crippen molar-refractivity contribution in [1.82, 2.24) is 0 Å². The number of oxime groups is 1. The van der Waals surface area contributed by atoms with E-state index in [-0.39, 0.29) is 5.71 Å². The van der Waals surface area contributed by atoms with Crippen LogP contribution in [0.4, 0.5) is 26.3 Å². The van der Waals surface area contributed by atoms with Gasteiger partial charge in [0.1, 0.15) is 0 Å². The number of ether oxygens (including phenoxy) is 1. The topological polar surface area (TPSA) is 47.9 Å². The minimum atomic E-state index is -5.10. The van der Waals surface area contributed by atoms with Crippen LogP contribution in [0.15, 0.2) is 65.8 Å². The fourth-order valence-corrected chi connectivity index (χ4v) is 4.18.